The summed E-state index contributed by atoms with van der Waals surface area (Å²) >= 11 is 0. The molecule has 1 aromatic heterocycles. The highest BCUT2D eigenvalue weighted by atomic mass is 16.5. The van der Waals surface area contributed by atoms with Crippen molar-refractivity contribution in [1.82, 2.24) is 5.16 Å². The Morgan fingerprint density at radius 2 is 2.23 bits per heavy atom. The van der Waals surface area contributed by atoms with Gasteiger partial charge < -0.3 is 9.63 Å². The summed E-state index contributed by atoms with van der Waals surface area (Å²) in [6.45, 7) is 1.69. The fourth-order valence-electron chi connectivity index (χ4n) is 1.91. The summed E-state index contributed by atoms with van der Waals surface area (Å²) in [7, 11) is 0. The van der Waals surface area contributed by atoms with Crippen LogP contribution >= 0.6 is 0 Å². The van der Waals surface area contributed by atoms with Gasteiger partial charge in [-0.25, -0.2) is 0 Å². The lowest BCUT2D eigenvalue weighted by Crippen LogP contribution is -1.91. The van der Waals surface area contributed by atoms with Gasteiger partial charge in [0.1, 0.15) is 6.10 Å². The first-order valence-electron chi connectivity index (χ1n) is 4.92. The molecule has 1 unspecified atom stereocenters. The summed E-state index contributed by atoms with van der Waals surface area (Å²) in [5, 5.41) is 13.2. The predicted molar refractivity (Wildman–Crippen MR) is 48.3 cm³/mol. The minimum Gasteiger partial charge on any atom is -0.385 e. The number of hydrogen-bond acceptors (Lipinski definition) is 3. The Morgan fingerprint density at radius 1 is 1.54 bits per heavy atom. The first-order valence-corrected chi connectivity index (χ1v) is 4.92. The fourth-order valence-corrected chi connectivity index (χ4v) is 1.91. The second-order valence-electron chi connectivity index (χ2n) is 3.81. The van der Waals surface area contributed by atoms with Crippen molar-refractivity contribution in [2.75, 3.05) is 0 Å². The standard InChI is InChI=1S/C10H15NO2/c1-7(12)10-6-9(11-13-10)8-4-2-3-5-8/h6-8,12H,2-5H2,1H3. The number of aromatic nitrogens is 1. The number of rotatable bonds is 2. The highest BCUT2D eigenvalue weighted by Crippen LogP contribution is 2.34. The normalized spacial score (nSPS) is 20.8. The Kier molecular flexibility index (Phi) is 2.36. The molecule has 0 spiro atoms. The summed E-state index contributed by atoms with van der Waals surface area (Å²) in [5.41, 5.74) is 1.02. The molecule has 0 aromatic carbocycles. The molecule has 0 bridgehead atoms. The van der Waals surface area contributed by atoms with E-state index in [-0.39, 0.29) is 0 Å². The number of aliphatic hydroxyl groups excluding tert-OH is 1. The minimum absolute atomic E-state index is 0.539. The van der Waals surface area contributed by atoms with Crippen LogP contribution in [0.15, 0.2) is 10.6 Å². The van der Waals surface area contributed by atoms with E-state index in [1.165, 1.54) is 25.7 Å². The lowest BCUT2D eigenvalue weighted by Gasteiger charge is -2.01. The topological polar surface area (TPSA) is 46.3 Å². The summed E-state index contributed by atoms with van der Waals surface area (Å²) in [4.78, 5) is 0. The van der Waals surface area contributed by atoms with Gasteiger partial charge in [-0.2, -0.15) is 0 Å². The van der Waals surface area contributed by atoms with Crippen LogP contribution in [0.4, 0.5) is 0 Å². The van der Waals surface area contributed by atoms with E-state index in [0.29, 0.717) is 11.7 Å². The van der Waals surface area contributed by atoms with Crippen molar-refractivity contribution >= 4 is 0 Å². The van der Waals surface area contributed by atoms with Crippen LogP contribution in [0, 0.1) is 0 Å². The van der Waals surface area contributed by atoms with E-state index >= 15 is 0 Å². The lowest BCUT2D eigenvalue weighted by atomic mass is 10.0. The minimum atomic E-state index is -0.539. The van der Waals surface area contributed by atoms with Crippen LogP contribution in [0.1, 0.15) is 56.1 Å². The second-order valence-corrected chi connectivity index (χ2v) is 3.81. The molecule has 3 nitrogen and oxygen atoms in total. The summed E-state index contributed by atoms with van der Waals surface area (Å²) in [6, 6.07) is 1.89. The zero-order valence-electron chi connectivity index (χ0n) is 7.86. The molecule has 1 atom stereocenters. The van der Waals surface area contributed by atoms with E-state index < -0.39 is 6.10 Å². The molecule has 1 saturated carbocycles. The molecule has 72 valence electrons. The molecule has 3 heteroatoms. The predicted octanol–water partition coefficient (Wildman–Crippen LogP) is 2.39. The van der Waals surface area contributed by atoms with E-state index in [1.54, 1.807) is 6.92 Å². The van der Waals surface area contributed by atoms with Crippen LogP contribution in [0.3, 0.4) is 0 Å². The molecule has 0 radical (unpaired) electrons. The molecular weight excluding hydrogens is 166 g/mol. The Labute approximate surface area is 77.7 Å². The van der Waals surface area contributed by atoms with Gasteiger partial charge in [0.15, 0.2) is 5.76 Å². The Balaban J connectivity index is 2.12. The molecule has 1 aromatic rings. The highest BCUT2D eigenvalue weighted by Gasteiger charge is 2.21. The van der Waals surface area contributed by atoms with E-state index in [0.717, 1.165) is 5.69 Å². The Morgan fingerprint density at radius 3 is 2.77 bits per heavy atom. The Bertz CT molecular complexity index is 274. The van der Waals surface area contributed by atoms with Crippen LogP contribution in [0.5, 0.6) is 0 Å². The molecule has 13 heavy (non-hydrogen) atoms. The molecule has 1 aliphatic carbocycles. The quantitative estimate of drug-likeness (QED) is 0.762. The van der Waals surface area contributed by atoms with Gasteiger partial charge in [0.05, 0.1) is 5.69 Å². The van der Waals surface area contributed by atoms with Gasteiger partial charge in [0, 0.05) is 12.0 Å². The monoisotopic (exact) mass is 181 g/mol. The van der Waals surface area contributed by atoms with Gasteiger partial charge in [0.25, 0.3) is 0 Å². The first kappa shape index (κ1) is 8.75. The van der Waals surface area contributed by atoms with Gasteiger partial charge in [-0.1, -0.05) is 18.0 Å². The van der Waals surface area contributed by atoms with Crippen LogP contribution in [0.25, 0.3) is 0 Å². The molecule has 0 saturated heterocycles. The first-order chi connectivity index (χ1) is 6.27. The SMILES string of the molecule is CC(O)c1cc(C2CCCC2)no1. The molecule has 2 rings (SSSR count). The van der Waals surface area contributed by atoms with Crippen LogP contribution in [0.2, 0.25) is 0 Å². The largest absolute Gasteiger partial charge is 0.385 e. The van der Waals surface area contributed by atoms with Crippen molar-refractivity contribution in [3.05, 3.63) is 17.5 Å². The molecule has 1 N–H and O–H groups in total. The van der Waals surface area contributed by atoms with Crippen LogP contribution in [-0.4, -0.2) is 10.3 Å². The maximum absolute atomic E-state index is 9.25. The third-order valence-corrected chi connectivity index (χ3v) is 2.73. The van der Waals surface area contributed by atoms with E-state index in [9.17, 15) is 5.11 Å². The summed E-state index contributed by atoms with van der Waals surface area (Å²) in [5.74, 6) is 1.15. The molecule has 1 aliphatic rings. The highest BCUT2D eigenvalue weighted by molar-refractivity contribution is 5.12. The second kappa shape index (κ2) is 3.50. The van der Waals surface area contributed by atoms with Crippen molar-refractivity contribution < 1.29 is 9.63 Å². The van der Waals surface area contributed by atoms with E-state index in [2.05, 4.69) is 5.16 Å². The van der Waals surface area contributed by atoms with Gasteiger partial charge in [-0.15, -0.1) is 0 Å². The van der Waals surface area contributed by atoms with Crippen molar-refractivity contribution in [3.8, 4) is 0 Å². The summed E-state index contributed by atoms with van der Waals surface area (Å²) in [6.07, 6.45) is 4.48. The van der Waals surface area contributed by atoms with Gasteiger partial charge in [-0.05, 0) is 19.8 Å². The van der Waals surface area contributed by atoms with Crippen LogP contribution < -0.4 is 0 Å². The van der Waals surface area contributed by atoms with Crippen molar-refractivity contribution in [2.24, 2.45) is 0 Å². The molecule has 1 fully saturated rings. The van der Waals surface area contributed by atoms with Gasteiger partial charge in [-0.3, -0.25) is 0 Å². The molecule has 0 aliphatic heterocycles. The number of aliphatic hydroxyl groups is 1. The van der Waals surface area contributed by atoms with Gasteiger partial charge >= 0.3 is 0 Å². The number of nitrogens with zero attached hydrogens (tertiary/aromatic N) is 1. The van der Waals surface area contributed by atoms with Crippen molar-refractivity contribution in [3.63, 3.8) is 0 Å². The third kappa shape index (κ3) is 1.75. The smallest absolute Gasteiger partial charge is 0.165 e. The van der Waals surface area contributed by atoms with Gasteiger partial charge in [0.2, 0.25) is 0 Å². The molecular formula is C10H15NO2. The molecule has 1 heterocycles. The van der Waals surface area contributed by atoms with Crippen LogP contribution in [-0.2, 0) is 0 Å². The Hall–Kier alpha value is -0.830. The summed E-state index contributed by atoms with van der Waals surface area (Å²) < 4.78 is 5.04. The lowest BCUT2D eigenvalue weighted by molar-refractivity contribution is 0.157. The zero-order chi connectivity index (χ0) is 9.26. The third-order valence-electron chi connectivity index (χ3n) is 2.73. The maximum atomic E-state index is 9.25. The van der Waals surface area contributed by atoms with E-state index in [4.69, 9.17) is 4.52 Å². The maximum Gasteiger partial charge on any atom is 0.165 e. The van der Waals surface area contributed by atoms with E-state index in [1.807, 2.05) is 6.07 Å². The fraction of sp³-hybridized carbons (Fsp3) is 0.700. The molecule has 0 amide bonds. The number of hydrogen-bond donors (Lipinski definition) is 1. The average Bonchev–Trinajstić information content (AvgIpc) is 2.75. The van der Waals surface area contributed by atoms with Crippen molar-refractivity contribution in [1.29, 1.82) is 0 Å². The average molecular weight is 181 g/mol. The zero-order valence-corrected chi connectivity index (χ0v) is 7.86. The van der Waals surface area contributed by atoms with Crippen molar-refractivity contribution in [2.45, 2.75) is 44.6 Å².